The van der Waals surface area contributed by atoms with E-state index < -0.39 is 0 Å². The van der Waals surface area contributed by atoms with Gasteiger partial charge in [0.15, 0.2) is 0 Å². The van der Waals surface area contributed by atoms with E-state index in [1.807, 2.05) is 0 Å². The molecule has 0 saturated heterocycles. The Kier molecular flexibility index (Phi) is 3.15. The number of hydrogen-bond donors (Lipinski definition) is 0. The van der Waals surface area contributed by atoms with Crippen LogP contribution >= 0.6 is 11.6 Å². The van der Waals surface area contributed by atoms with Gasteiger partial charge in [-0.3, -0.25) is 4.98 Å². The van der Waals surface area contributed by atoms with Crippen molar-refractivity contribution in [1.29, 1.82) is 0 Å². The van der Waals surface area contributed by atoms with Crippen LogP contribution in [0.15, 0.2) is 18.3 Å². The van der Waals surface area contributed by atoms with Crippen LogP contribution in [-0.2, 0) is 0 Å². The smallest absolute Gasteiger partial charge is 0.0901 e. The second-order valence-corrected chi connectivity index (χ2v) is 1.54. The summed E-state index contributed by atoms with van der Waals surface area (Å²) >= 11 is 5.47. The molecule has 1 radical (unpaired) electrons. The minimum Gasteiger partial charge on any atom is -0.412 e. The molecule has 43 valence electrons. The first-order valence-electron chi connectivity index (χ1n) is 1.87. The third-order valence-electron chi connectivity index (χ3n) is 0.585. The van der Waals surface area contributed by atoms with Crippen LogP contribution in [0.3, 0.4) is 0 Å². The molecule has 1 rings (SSSR count). The predicted octanol–water partition coefficient (Wildman–Crippen LogP) is 0.710. The lowest BCUT2D eigenvalue weighted by atomic mass is 10.5. The van der Waals surface area contributed by atoms with Crippen molar-refractivity contribution in [3.63, 3.8) is 0 Å². The van der Waals surface area contributed by atoms with Crippen LogP contribution in [0.2, 0.25) is 5.02 Å². The van der Waals surface area contributed by atoms with Crippen LogP contribution in [0.1, 0.15) is 0 Å². The first kappa shape index (κ1) is 7.40. The highest BCUT2D eigenvalue weighted by molar-refractivity contribution is 6.30. The summed E-state index contributed by atoms with van der Waals surface area (Å²) < 4.78 is 0. The van der Waals surface area contributed by atoms with Gasteiger partial charge < -0.3 is 5.48 Å². The zero-order chi connectivity index (χ0) is 5.11. The molecule has 1 heterocycles. The molecule has 2 nitrogen and oxygen atoms in total. The molecule has 0 aliphatic heterocycles. The van der Waals surface area contributed by atoms with E-state index in [2.05, 4.69) is 11.2 Å². The molecule has 0 fully saturated rings. The van der Waals surface area contributed by atoms with Gasteiger partial charge in [0.25, 0.3) is 0 Å². The van der Waals surface area contributed by atoms with Gasteiger partial charge in [0.05, 0.1) is 6.20 Å². The molecule has 0 amide bonds. The van der Waals surface area contributed by atoms with Crippen LogP contribution in [0.4, 0.5) is 0 Å². The summed E-state index contributed by atoms with van der Waals surface area (Å²) in [6.45, 7) is 0. The molecule has 0 aromatic carbocycles. The molecule has 0 aliphatic carbocycles. The van der Waals surface area contributed by atoms with Crippen molar-refractivity contribution in [1.82, 2.24) is 4.98 Å². The van der Waals surface area contributed by atoms with Crippen molar-refractivity contribution in [3.05, 3.63) is 29.5 Å². The number of rotatable bonds is 0. The summed E-state index contributed by atoms with van der Waals surface area (Å²) in [5, 5.41) is 0.676. The first-order valence-corrected chi connectivity index (χ1v) is 2.25. The molecule has 3 heteroatoms. The van der Waals surface area contributed by atoms with E-state index in [4.69, 9.17) is 11.6 Å². The van der Waals surface area contributed by atoms with Crippen LogP contribution < -0.4 is 0 Å². The third kappa shape index (κ3) is 1.91. The van der Waals surface area contributed by atoms with Gasteiger partial charge in [-0.2, -0.15) is 0 Å². The predicted molar refractivity (Wildman–Crippen MR) is 31.7 cm³/mol. The summed E-state index contributed by atoms with van der Waals surface area (Å²) in [7, 11) is 0. The van der Waals surface area contributed by atoms with E-state index in [9.17, 15) is 0 Å². The fourth-order valence-electron chi connectivity index (χ4n) is 0.299. The van der Waals surface area contributed by atoms with Crippen LogP contribution in [-0.4, -0.2) is 10.5 Å². The lowest BCUT2D eigenvalue weighted by Crippen LogP contribution is -1.64. The highest BCUT2D eigenvalue weighted by atomic mass is 35.5. The summed E-state index contributed by atoms with van der Waals surface area (Å²) in [6, 6.07) is 3.32. The van der Waals surface area contributed by atoms with E-state index in [0.29, 0.717) is 5.02 Å². The average molecular weight is 131 g/mol. The monoisotopic (exact) mass is 130 g/mol. The van der Waals surface area contributed by atoms with Crippen LogP contribution in [0.25, 0.3) is 0 Å². The van der Waals surface area contributed by atoms with Gasteiger partial charge in [0, 0.05) is 11.2 Å². The minimum atomic E-state index is 0. The Morgan fingerprint density at radius 2 is 2.38 bits per heavy atom. The number of pyridine rings is 1. The lowest BCUT2D eigenvalue weighted by Gasteiger charge is -1.78. The van der Waals surface area contributed by atoms with Crippen molar-refractivity contribution in [3.8, 4) is 0 Å². The lowest BCUT2D eigenvalue weighted by molar-refractivity contribution is 0.824. The maximum Gasteiger partial charge on any atom is 0.0901 e. The Hall–Kier alpha value is -0.600. The standard InChI is InChI=1S/C5H3ClN.H2O/c6-5-1-3-7-4-2-5;/h1-3H;1H2. The van der Waals surface area contributed by atoms with Crippen molar-refractivity contribution in [2.75, 3.05) is 0 Å². The van der Waals surface area contributed by atoms with E-state index in [1.54, 1.807) is 18.3 Å². The van der Waals surface area contributed by atoms with E-state index in [-0.39, 0.29) is 5.48 Å². The molecule has 0 saturated carbocycles. The molecule has 0 bridgehead atoms. The Morgan fingerprint density at radius 3 is 2.62 bits per heavy atom. The van der Waals surface area contributed by atoms with Gasteiger partial charge in [-0.25, -0.2) is 0 Å². The van der Waals surface area contributed by atoms with Gasteiger partial charge in [0.2, 0.25) is 0 Å². The fraction of sp³-hybridized carbons (Fsp3) is 0. The van der Waals surface area contributed by atoms with Crippen molar-refractivity contribution in [2.24, 2.45) is 0 Å². The highest BCUT2D eigenvalue weighted by Gasteiger charge is 1.76. The number of aromatic nitrogens is 1. The number of nitrogens with zero attached hydrogens (tertiary/aromatic N) is 1. The Balaban J connectivity index is 0.000000490. The molecule has 8 heavy (non-hydrogen) atoms. The number of hydrogen-bond acceptors (Lipinski definition) is 1. The fourth-order valence-corrected chi connectivity index (χ4v) is 0.404. The van der Waals surface area contributed by atoms with E-state index in [0.717, 1.165) is 0 Å². The maximum atomic E-state index is 5.47. The Labute approximate surface area is 52.4 Å². The second kappa shape index (κ2) is 3.41. The Bertz CT molecular complexity index is 142. The maximum absolute atomic E-state index is 5.47. The highest BCUT2D eigenvalue weighted by Crippen LogP contribution is 2.01. The van der Waals surface area contributed by atoms with Gasteiger partial charge in [0.1, 0.15) is 0 Å². The second-order valence-electron chi connectivity index (χ2n) is 1.10. The van der Waals surface area contributed by atoms with Crippen LogP contribution in [0, 0.1) is 6.20 Å². The molecular formula is C5H5ClNO. The molecule has 0 spiro atoms. The normalized spacial score (nSPS) is 7.62. The molecule has 1 aromatic heterocycles. The van der Waals surface area contributed by atoms with Gasteiger partial charge in [-0.05, 0) is 12.1 Å². The van der Waals surface area contributed by atoms with E-state index >= 15 is 0 Å². The third-order valence-corrected chi connectivity index (χ3v) is 0.820. The molecule has 0 unspecified atom stereocenters. The molecule has 2 N–H and O–H groups in total. The molecule has 1 aromatic rings. The topological polar surface area (TPSA) is 44.4 Å². The summed E-state index contributed by atoms with van der Waals surface area (Å²) in [4.78, 5) is 3.64. The van der Waals surface area contributed by atoms with Crippen molar-refractivity contribution < 1.29 is 5.48 Å². The zero-order valence-corrected chi connectivity index (χ0v) is 4.81. The van der Waals surface area contributed by atoms with Crippen LogP contribution in [0.5, 0.6) is 0 Å². The minimum absolute atomic E-state index is 0. The largest absolute Gasteiger partial charge is 0.412 e. The number of halogens is 1. The quantitative estimate of drug-likeness (QED) is 0.510. The summed E-state index contributed by atoms with van der Waals surface area (Å²) in [6.07, 6.45) is 4.18. The van der Waals surface area contributed by atoms with E-state index in [1.165, 1.54) is 0 Å². The zero-order valence-electron chi connectivity index (χ0n) is 4.06. The van der Waals surface area contributed by atoms with Gasteiger partial charge in [-0.1, -0.05) is 11.6 Å². The average Bonchev–Trinajstić information content (AvgIpc) is 1.69. The summed E-state index contributed by atoms with van der Waals surface area (Å²) in [5.74, 6) is 0. The molecule has 0 atom stereocenters. The Morgan fingerprint density at radius 1 is 1.62 bits per heavy atom. The molecule has 0 aliphatic rings. The SMILES string of the molecule is Clc1c[c]ncc1.O. The first-order chi connectivity index (χ1) is 3.39. The molecular weight excluding hydrogens is 126 g/mol. The van der Waals surface area contributed by atoms with Gasteiger partial charge in [-0.15, -0.1) is 0 Å². The van der Waals surface area contributed by atoms with Crippen molar-refractivity contribution >= 4 is 11.6 Å². The summed E-state index contributed by atoms with van der Waals surface area (Å²) in [5.41, 5.74) is 0. The van der Waals surface area contributed by atoms with Gasteiger partial charge >= 0.3 is 0 Å². The van der Waals surface area contributed by atoms with Crippen molar-refractivity contribution in [2.45, 2.75) is 0 Å².